The zero-order valence-corrected chi connectivity index (χ0v) is 24.1. The predicted octanol–water partition coefficient (Wildman–Crippen LogP) is 13.0. The van der Waals surface area contributed by atoms with Crippen LogP contribution in [0.15, 0.2) is 182 Å². The molecule has 0 nitrogen and oxygen atoms in total. The summed E-state index contributed by atoms with van der Waals surface area (Å²) in [5.74, 6) is 0. The van der Waals surface area contributed by atoms with Crippen molar-refractivity contribution in [2.45, 2.75) is 0 Å². The molecule has 0 unspecified atom stereocenters. The molecule has 9 aromatic rings. The topological polar surface area (TPSA) is 0 Å². The highest BCUT2D eigenvalue weighted by molar-refractivity contribution is 6.24. The van der Waals surface area contributed by atoms with Crippen LogP contribution in [0.3, 0.4) is 0 Å². The molecule has 0 saturated carbocycles. The molecule has 214 valence electrons. The van der Waals surface area contributed by atoms with Crippen LogP contribution in [0.5, 0.6) is 0 Å². The van der Waals surface area contributed by atoms with Crippen molar-refractivity contribution in [3.8, 4) is 44.5 Å². The summed E-state index contributed by atoms with van der Waals surface area (Å²) < 4.78 is 146. The molecule has 0 amide bonds. The van der Waals surface area contributed by atoms with Crippen molar-refractivity contribution >= 4 is 43.1 Å². The Kier molecular flexibility index (Phi) is 3.51. The number of benzene rings is 9. The second-order valence-electron chi connectivity index (χ2n) is 10.8. The molecule has 9 rings (SSSR count). The van der Waals surface area contributed by atoms with E-state index in [1.54, 1.807) is 48.5 Å². The van der Waals surface area contributed by atoms with Crippen LogP contribution in [0.1, 0.15) is 21.9 Å². The second-order valence-corrected chi connectivity index (χ2v) is 10.8. The van der Waals surface area contributed by atoms with Crippen LogP contribution in [0.4, 0.5) is 0 Å². The van der Waals surface area contributed by atoms with Crippen LogP contribution >= 0.6 is 0 Å². The van der Waals surface area contributed by atoms with Crippen LogP contribution in [-0.4, -0.2) is 0 Å². The first kappa shape index (κ1) is 14.9. The Morgan fingerprint density at radius 1 is 0.326 bits per heavy atom. The molecular formula is C46H30. The Morgan fingerprint density at radius 3 is 1.76 bits per heavy atom. The molecule has 0 spiro atoms. The fourth-order valence-corrected chi connectivity index (χ4v) is 6.11. The Bertz CT molecular complexity index is 3420. The lowest BCUT2D eigenvalue weighted by atomic mass is 9.83. The minimum absolute atomic E-state index is 0.00212. The fourth-order valence-electron chi connectivity index (χ4n) is 6.11. The van der Waals surface area contributed by atoms with E-state index in [2.05, 4.69) is 0 Å². The highest BCUT2D eigenvalue weighted by Gasteiger charge is 2.19. The summed E-state index contributed by atoms with van der Waals surface area (Å²) in [6.07, 6.45) is 0. The van der Waals surface area contributed by atoms with E-state index in [0.717, 1.165) is 10.8 Å². The molecule has 0 N–H and O–H groups in total. The first-order valence-electron chi connectivity index (χ1n) is 22.6. The zero-order chi connectivity index (χ0) is 44.4. The Balaban J connectivity index is 1.57. The lowest BCUT2D eigenvalue weighted by molar-refractivity contribution is 1.62. The number of hydrogen-bond donors (Lipinski definition) is 0. The highest BCUT2D eigenvalue weighted by Crippen LogP contribution is 2.46. The van der Waals surface area contributed by atoms with Gasteiger partial charge < -0.3 is 0 Å². The third-order valence-corrected chi connectivity index (χ3v) is 8.22. The van der Waals surface area contributed by atoms with E-state index in [0.29, 0.717) is 21.9 Å². The van der Waals surface area contributed by atoms with E-state index in [1.807, 2.05) is 36.4 Å². The van der Waals surface area contributed by atoms with Crippen LogP contribution < -0.4 is 0 Å². The van der Waals surface area contributed by atoms with Crippen molar-refractivity contribution in [2.24, 2.45) is 0 Å². The van der Waals surface area contributed by atoms with Gasteiger partial charge in [-0.15, -0.1) is 0 Å². The Labute approximate surface area is 291 Å². The molecule has 46 heavy (non-hydrogen) atoms. The zero-order valence-electron chi connectivity index (χ0n) is 40.1. The summed E-state index contributed by atoms with van der Waals surface area (Å²) in [7, 11) is 0. The molecule has 0 aliphatic carbocycles. The van der Waals surface area contributed by atoms with Gasteiger partial charge in [0.2, 0.25) is 0 Å². The fraction of sp³-hybridized carbons (Fsp3) is 0. The van der Waals surface area contributed by atoms with Crippen LogP contribution in [0.2, 0.25) is 0 Å². The van der Waals surface area contributed by atoms with E-state index in [-0.39, 0.29) is 38.2 Å². The third-order valence-electron chi connectivity index (χ3n) is 8.22. The Hall–Kier alpha value is -5.98. The maximum atomic E-state index is 9.96. The second kappa shape index (κ2) is 10.9. The first-order valence-corrected chi connectivity index (χ1v) is 14.6. The highest BCUT2D eigenvalue weighted by atomic mass is 14.2. The molecule has 0 aliphatic rings. The number of rotatable bonds is 4. The van der Waals surface area contributed by atoms with Gasteiger partial charge >= 0.3 is 0 Å². The van der Waals surface area contributed by atoms with Crippen molar-refractivity contribution in [1.82, 2.24) is 0 Å². The van der Waals surface area contributed by atoms with Gasteiger partial charge in [0.15, 0.2) is 0 Å². The Morgan fingerprint density at radius 2 is 0.935 bits per heavy atom. The molecule has 0 aliphatic heterocycles. The third kappa shape index (κ3) is 4.38. The van der Waals surface area contributed by atoms with Crippen LogP contribution in [-0.2, 0) is 0 Å². The smallest absolute Gasteiger partial charge is 0.0622 e. The van der Waals surface area contributed by atoms with Gasteiger partial charge in [-0.1, -0.05) is 169 Å². The normalized spacial score (nSPS) is 16.3. The maximum Gasteiger partial charge on any atom is 0.0636 e. The van der Waals surface area contributed by atoms with Gasteiger partial charge in [0.1, 0.15) is 0 Å². The van der Waals surface area contributed by atoms with Crippen LogP contribution in [0, 0.1) is 0 Å². The molecule has 0 atom stereocenters. The van der Waals surface area contributed by atoms with Crippen molar-refractivity contribution in [3.63, 3.8) is 0 Å². The summed E-state index contributed by atoms with van der Waals surface area (Å²) in [6.45, 7) is 0. The summed E-state index contributed by atoms with van der Waals surface area (Å²) >= 11 is 0. The maximum absolute atomic E-state index is 9.96. The quantitative estimate of drug-likeness (QED) is 0.177. The van der Waals surface area contributed by atoms with E-state index in [4.69, 9.17) is 9.60 Å². The predicted molar refractivity (Wildman–Crippen MR) is 198 cm³/mol. The monoisotopic (exact) mass is 598 g/mol. The average molecular weight is 599 g/mol. The number of hydrogen-bond acceptors (Lipinski definition) is 0. The van der Waals surface area contributed by atoms with Gasteiger partial charge in [-0.05, 0) is 99.7 Å². The van der Waals surface area contributed by atoms with E-state index < -0.39 is 113 Å². The molecule has 9 aromatic carbocycles. The molecule has 0 fully saturated rings. The average Bonchev–Trinajstić information content (AvgIpc) is 3.27. The summed E-state index contributed by atoms with van der Waals surface area (Å²) in [5, 5.41) is 1.89. The van der Waals surface area contributed by atoms with Gasteiger partial charge in [-0.25, -0.2) is 0 Å². The van der Waals surface area contributed by atoms with E-state index >= 15 is 0 Å². The van der Waals surface area contributed by atoms with E-state index in [1.165, 1.54) is 0 Å². The van der Waals surface area contributed by atoms with Gasteiger partial charge in [0.05, 0.1) is 21.9 Å². The molecule has 0 radical (unpaired) electrons. The lowest BCUT2D eigenvalue weighted by Gasteiger charge is -2.20. The standard InChI is InChI=1S/C46H30/c1-2-11-31(12-3-1)38-27-28-43-44(30-38)46(40-20-10-16-34-14-6-7-17-39(34)40)42-19-9-8-18-41(42)45(43)35-24-21-33(22-25-35)37-26-23-32-13-4-5-15-36(32)29-37/h1-30H/i1D,2D,3D,8D,9D,11D,12D,18D,19D,21D,22D,24D,25D,27D,28D,30D. The minimum Gasteiger partial charge on any atom is -0.0622 e. The van der Waals surface area contributed by atoms with Crippen molar-refractivity contribution in [1.29, 1.82) is 0 Å². The van der Waals surface area contributed by atoms with Crippen molar-refractivity contribution < 1.29 is 21.9 Å². The van der Waals surface area contributed by atoms with Gasteiger partial charge in [-0.3, -0.25) is 0 Å². The van der Waals surface area contributed by atoms with Gasteiger partial charge in [0, 0.05) is 0 Å². The largest absolute Gasteiger partial charge is 0.0636 e. The molecular weight excluding hydrogens is 553 g/mol. The van der Waals surface area contributed by atoms with Crippen molar-refractivity contribution in [3.05, 3.63) is 182 Å². The lowest BCUT2D eigenvalue weighted by Crippen LogP contribution is -1.92. The number of fused-ring (bicyclic) bond motifs is 4. The summed E-state index contributed by atoms with van der Waals surface area (Å²) in [6, 6.07) is 14.3. The van der Waals surface area contributed by atoms with E-state index in [9.17, 15) is 12.3 Å². The molecule has 0 heteroatoms. The molecule has 0 bridgehead atoms. The molecule has 0 saturated heterocycles. The minimum atomic E-state index is -0.769. The van der Waals surface area contributed by atoms with Gasteiger partial charge in [0.25, 0.3) is 0 Å². The SMILES string of the molecule is [2H]c1c([2H])c([2H])c(-c2c([2H])c([2H])c3c(-c4c([2H])c([2H])c(-c5ccc6ccccc6c5)c([2H])c4[2H])c4c([2H])c([2H])c([2H])c([2H])c4c(-c4cccc5ccccc45)c3c2[2H])c([2H])c1[2H]. The molecule has 0 heterocycles. The first-order chi connectivity index (χ1) is 29.5. The van der Waals surface area contributed by atoms with Crippen LogP contribution in [0.25, 0.3) is 87.6 Å². The van der Waals surface area contributed by atoms with Gasteiger partial charge in [-0.2, -0.15) is 0 Å². The summed E-state index contributed by atoms with van der Waals surface area (Å²) in [5.41, 5.74) is -1.19. The summed E-state index contributed by atoms with van der Waals surface area (Å²) in [4.78, 5) is 0. The van der Waals surface area contributed by atoms with Crippen molar-refractivity contribution in [2.75, 3.05) is 0 Å². The molecule has 0 aromatic heterocycles.